The van der Waals surface area contributed by atoms with Crippen molar-refractivity contribution in [1.29, 1.82) is 0 Å². The fourth-order valence-corrected chi connectivity index (χ4v) is 6.51. The maximum Gasteiger partial charge on any atom is 0.229 e. The number of sulfone groups is 1. The number of nitrogens with zero attached hydrogens (tertiary/aromatic N) is 1. The van der Waals surface area contributed by atoms with Gasteiger partial charge in [0, 0.05) is 28.3 Å². The Labute approximate surface area is 213 Å². The number of carbonyl (C=O) groups is 1. The second-order valence-electron chi connectivity index (χ2n) is 9.64. The Bertz CT molecular complexity index is 1150. The number of halogens is 2. The van der Waals surface area contributed by atoms with Crippen LogP contribution in [0.3, 0.4) is 0 Å². The van der Waals surface area contributed by atoms with E-state index in [-0.39, 0.29) is 17.9 Å². The molecule has 0 aromatic heterocycles. The predicted octanol–water partition coefficient (Wildman–Crippen LogP) is 6.84. The van der Waals surface area contributed by atoms with E-state index in [0.29, 0.717) is 29.3 Å². The molecule has 0 bridgehead atoms. The van der Waals surface area contributed by atoms with E-state index < -0.39 is 26.5 Å². The molecule has 0 N–H and O–H groups in total. The van der Waals surface area contributed by atoms with Gasteiger partial charge >= 0.3 is 0 Å². The number of hydrogen-bond donors (Lipinski definition) is 0. The molecule has 7 heteroatoms. The van der Waals surface area contributed by atoms with Crippen LogP contribution in [0, 0.1) is 5.41 Å². The van der Waals surface area contributed by atoms with Crippen molar-refractivity contribution < 1.29 is 13.2 Å². The minimum absolute atomic E-state index is 0.0482. The standard InChI is InChI=1S/C27H33Cl2NO3S/c1-6-15-27(4)17-23(20-9-8-10-22(29)16-20)25(19-11-13-21(28)14-12-19)30(26(27)31)24(7-2)18(3)34(5,32)33/h6,8-14,16,18,23-25H,1,7,15,17H2,2-5H3/t18-,23+,24-,25+,27-/m0/s1. The van der Waals surface area contributed by atoms with Crippen LogP contribution in [-0.4, -0.2) is 36.8 Å². The fourth-order valence-electron chi connectivity index (χ4n) is 5.29. The van der Waals surface area contributed by atoms with E-state index in [9.17, 15) is 13.2 Å². The first-order valence-corrected chi connectivity index (χ1v) is 14.3. The van der Waals surface area contributed by atoms with Gasteiger partial charge in [-0.3, -0.25) is 4.79 Å². The number of amides is 1. The number of allylic oxidation sites excluding steroid dienone is 1. The Hall–Kier alpha value is -1.82. The lowest BCUT2D eigenvalue weighted by Crippen LogP contribution is -2.58. The van der Waals surface area contributed by atoms with Crippen LogP contribution < -0.4 is 0 Å². The number of carbonyl (C=O) groups excluding carboxylic acids is 1. The van der Waals surface area contributed by atoms with Gasteiger partial charge in [0.25, 0.3) is 0 Å². The number of rotatable bonds is 8. The molecule has 2 aromatic rings. The highest BCUT2D eigenvalue weighted by atomic mass is 35.5. The molecule has 0 unspecified atom stereocenters. The molecule has 1 heterocycles. The molecule has 4 nitrogen and oxygen atoms in total. The van der Waals surface area contributed by atoms with Crippen LogP contribution in [0.4, 0.5) is 0 Å². The highest BCUT2D eigenvalue weighted by Crippen LogP contribution is 2.52. The van der Waals surface area contributed by atoms with Crippen LogP contribution in [0.25, 0.3) is 0 Å². The van der Waals surface area contributed by atoms with E-state index >= 15 is 0 Å². The fraction of sp³-hybridized carbons (Fsp3) is 0.444. The SMILES string of the molecule is C=CC[C@@]1(C)C[C@H](c2cccc(Cl)c2)[C@@H](c2ccc(Cl)cc2)N([C@@H](CC)[C@H](C)S(C)(=O)=O)C1=O. The third-order valence-corrected chi connectivity index (χ3v) is 9.33. The highest BCUT2D eigenvalue weighted by Gasteiger charge is 2.52. The summed E-state index contributed by atoms with van der Waals surface area (Å²) in [7, 11) is -3.39. The van der Waals surface area contributed by atoms with Crippen LogP contribution >= 0.6 is 23.2 Å². The van der Waals surface area contributed by atoms with Gasteiger partial charge in [-0.15, -0.1) is 6.58 Å². The molecule has 0 radical (unpaired) electrons. The molecule has 0 spiro atoms. The lowest BCUT2D eigenvalue weighted by Gasteiger charge is -2.53. The van der Waals surface area contributed by atoms with E-state index in [0.717, 1.165) is 11.1 Å². The Kier molecular flexibility index (Phi) is 8.22. The molecule has 1 amide bonds. The van der Waals surface area contributed by atoms with Crippen molar-refractivity contribution in [2.75, 3.05) is 6.26 Å². The van der Waals surface area contributed by atoms with Crippen LogP contribution in [-0.2, 0) is 14.6 Å². The van der Waals surface area contributed by atoms with E-state index in [1.807, 2.05) is 67.3 Å². The molecule has 3 rings (SSSR count). The number of piperidine rings is 1. The minimum atomic E-state index is -3.39. The van der Waals surface area contributed by atoms with Gasteiger partial charge in [0.15, 0.2) is 9.84 Å². The molecule has 2 aromatic carbocycles. The average molecular weight is 523 g/mol. The lowest BCUT2D eigenvalue weighted by atomic mass is 9.67. The molecule has 1 fully saturated rings. The molecule has 1 aliphatic heterocycles. The van der Waals surface area contributed by atoms with Gasteiger partial charge in [-0.2, -0.15) is 0 Å². The summed E-state index contributed by atoms with van der Waals surface area (Å²) >= 11 is 12.6. The van der Waals surface area contributed by atoms with Crippen molar-refractivity contribution in [1.82, 2.24) is 4.90 Å². The molecule has 34 heavy (non-hydrogen) atoms. The van der Waals surface area contributed by atoms with Gasteiger partial charge < -0.3 is 4.90 Å². The van der Waals surface area contributed by atoms with Gasteiger partial charge in [0.1, 0.15) is 0 Å². The predicted molar refractivity (Wildman–Crippen MR) is 141 cm³/mol. The first-order valence-electron chi connectivity index (χ1n) is 11.6. The molecular weight excluding hydrogens is 489 g/mol. The topological polar surface area (TPSA) is 54.5 Å². The third kappa shape index (κ3) is 5.37. The van der Waals surface area contributed by atoms with E-state index in [4.69, 9.17) is 23.2 Å². The maximum atomic E-state index is 14.2. The lowest BCUT2D eigenvalue weighted by molar-refractivity contribution is -0.154. The van der Waals surface area contributed by atoms with Crippen LogP contribution in [0.15, 0.2) is 61.2 Å². The summed E-state index contributed by atoms with van der Waals surface area (Å²) in [6.07, 6.45) is 4.61. The van der Waals surface area contributed by atoms with Crippen LogP contribution in [0.2, 0.25) is 10.0 Å². The van der Waals surface area contributed by atoms with Crippen molar-refractivity contribution in [3.8, 4) is 0 Å². The molecule has 1 aliphatic rings. The Morgan fingerprint density at radius 3 is 2.32 bits per heavy atom. The number of likely N-dealkylation sites (tertiary alicyclic amines) is 1. The zero-order valence-corrected chi connectivity index (χ0v) is 22.5. The van der Waals surface area contributed by atoms with Crippen molar-refractivity contribution in [3.05, 3.63) is 82.4 Å². The summed E-state index contributed by atoms with van der Waals surface area (Å²) in [5, 5.41) is 0.505. The quantitative estimate of drug-likeness (QED) is 0.357. The third-order valence-electron chi connectivity index (χ3n) is 7.18. The summed E-state index contributed by atoms with van der Waals surface area (Å²) in [5.74, 6) is -0.142. The monoisotopic (exact) mass is 521 g/mol. The normalized spacial score (nSPS) is 25.1. The van der Waals surface area contributed by atoms with Crippen LogP contribution in [0.5, 0.6) is 0 Å². The molecule has 0 saturated carbocycles. The largest absolute Gasteiger partial charge is 0.330 e. The molecule has 1 saturated heterocycles. The Morgan fingerprint density at radius 1 is 1.15 bits per heavy atom. The van der Waals surface area contributed by atoms with E-state index in [1.165, 1.54) is 6.26 Å². The second-order valence-corrected chi connectivity index (χ2v) is 12.9. The summed E-state index contributed by atoms with van der Waals surface area (Å²) in [6, 6.07) is 14.3. The molecular formula is C27H33Cl2NO3S. The highest BCUT2D eigenvalue weighted by molar-refractivity contribution is 7.91. The Balaban J connectivity index is 2.29. The summed E-state index contributed by atoms with van der Waals surface area (Å²) in [6.45, 7) is 9.49. The summed E-state index contributed by atoms with van der Waals surface area (Å²) in [5.41, 5.74) is 1.21. The zero-order chi connectivity index (χ0) is 25.3. The smallest absolute Gasteiger partial charge is 0.229 e. The first kappa shape index (κ1) is 26.8. The van der Waals surface area contributed by atoms with Gasteiger partial charge in [-0.05, 0) is 61.6 Å². The van der Waals surface area contributed by atoms with Crippen molar-refractivity contribution in [2.24, 2.45) is 5.41 Å². The van der Waals surface area contributed by atoms with Crippen LogP contribution in [0.1, 0.15) is 63.1 Å². The Morgan fingerprint density at radius 2 is 1.79 bits per heavy atom. The van der Waals surface area contributed by atoms with Gasteiger partial charge in [0.05, 0.1) is 16.7 Å². The van der Waals surface area contributed by atoms with Crippen molar-refractivity contribution >= 4 is 38.9 Å². The first-order chi connectivity index (χ1) is 15.9. The number of benzene rings is 2. The van der Waals surface area contributed by atoms with Gasteiger partial charge in [-0.1, -0.05) is 67.4 Å². The molecule has 184 valence electrons. The zero-order valence-electron chi connectivity index (χ0n) is 20.2. The summed E-state index contributed by atoms with van der Waals surface area (Å²) < 4.78 is 25.3. The van der Waals surface area contributed by atoms with Gasteiger partial charge in [-0.25, -0.2) is 8.42 Å². The summed E-state index contributed by atoms with van der Waals surface area (Å²) in [4.78, 5) is 16.0. The van der Waals surface area contributed by atoms with Crippen molar-refractivity contribution in [2.45, 2.75) is 63.3 Å². The minimum Gasteiger partial charge on any atom is -0.330 e. The molecule has 5 atom stereocenters. The second kappa shape index (κ2) is 10.4. The van der Waals surface area contributed by atoms with Crippen molar-refractivity contribution in [3.63, 3.8) is 0 Å². The van der Waals surface area contributed by atoms with E-state index in [2.05, 4.69) is 6.58 Å². The number of hydrogen-bond acceptors (Lipinski definition) is 3. The van der Waals surface area contributed by atoms with Gasteiger partial charge in [0.2, 0.25) is 5.91 Å². The maximum absolute atomic E-state index is 14.2. The molecule has 0 aliphatic carbocycles. The van der Waals surface area contributed by atoms with E-state index in [1.54, 1.807) is 13.0 Å². The average Bonchev–Trinajstić information content (AvgIpc) is 2.77.